The minimum Gasteiger partial charge on any atom is -0.497 e. The van der Waals surface area contributed by atoms with E-state index in [1.165, 1.54) is 19.3 Å². The number of rotatable bonds is 4. The van der Waals surface area contributed by atoms with Gasteiger partial charge in [-0.2, -0.15) is 0 Å². The SMILES string of the molecule is COc1ccc(OC=CC(C)=O)cc1. The Balaban J connectivity index is 2.56. The molecule has 14 heavy (non-hydrogen) atoms. The zero-order valence-electron chi connectivity index (χ0n) is 8.19. The number of carbonyl (C=O) groups is 1. The molecule has 0 fully saturated rings. The van der Waals surface area contributed by atoms with Crippen LogP contribution in [0, 0.1) is 0 Å². The Bertz CT molecular complexity index is 325. The molecule has 0 atom stereocenters. The van der Waals surface area contributed by atoms with Gasteiger partial charge in [0.15, 0.2) is 5.78 Å². The molecule has 0 saturated carbocycles. The van der Waals surface area contributed by atoms with Crippen LogP contribution in [0.4, 0.5) is 0 Å². The highest BCUT2D eigenvalue weighted by atomic mass is 16.5. The van der Waals surface area contributed by atoms with Crippen LogP contribution in [0.15, 0.2) is 36.6 Å². The van der Waals surface area contributed by atoms with Crippen molar-refractivity contribution in [2.24, 2.45) is 0 Å². The molecular formula is C11H12O3. The fourth-order valence-electron chi connectivity index (χ4n) is 0.863. The predicted molar refractivity (Wildman–Crippen MR) is 53.4 cm³/mol. The number of carbonyl (C=O) groups excluding carboxylic acids is 1. The summed E-state index contributed by atoms with van der Waals surface area (Å²) in [6, 6.07) is 7.11. The Morgan fingerprint density at radius 2 is 1.79 bits per heavy atom. The summed E-state index contributed by atoms with van der Waals surface area (Å²) >= 11 is 0. The van der Waals surface area contributed by atoms with Gasteiger partial charge in [0.25, 0.3) is 0 Å². The van der Waals surface area contributed by atoms with Gasteiger partial charge in [-0.15, -0.1) is 0 Å². The third-order valence-corrected chi connectivity index (χ3v) is 1.57. The number of methoxy groups -OCH3 is 1. The number of ketones is 1. The fourth-order valence-corrected chi connectivity index (χ4v) is 0.863. The molecule has 0 saturated heterocycles. The molecule has 0 aromatic heterocycles. The van der Waals surface area contributed by atoms with E-state index >= 15 is 0 Å². The molecule has 1 aromatic rings. The Morgan fingerprint density at radius 1 is 1.21 bits per heavy atom. The van der Waals surface area contributed by atoms with Crippen LogP contribution >= 0.6 is 0 Å². The largest absolute Gasteiger partial charge is 0.497 e. The second-order valence-corrected chi connectivity index (χ2v) is 2.71. The Kier molecular flexibility index (Phi) is 3.73. The van der Waals surface area contributed by atoms with Gasteiger partial charge in [-0.1, -0.05) is 0 Å². The standard InChI is InChI=1S/C11H12O3/c1-9(12)7-8-14-11-5-3-10(13-2)4-6-11/h3-8H,1-2H3. The van der Waals surface area contributed by atoms with Crippen molar-refractivity contribution in [1.29, 1.82) is 0 Å². The summed E-state index contributed by atoms with van der Waals surface area (Å²) in [5.41, 5.74) is 0. The number of benzene rings is 1. The van der Waals surface area contributed by atoms with Crippen molar-refractivity contribution in [2.45, 2.75) is 6.92 Å². The predicted octanol–water partition coefficient (Wildman–Crippen LogP) is 2.18. The van der Waals surface area contributed by atoms with Crippen molar-refractivity contribution < 1.29 is 14.3 Å². The lowest BCUT2D eigenvalue weighted by molar-refractivity contribution is -0.112. The molecule has 74 valence electrons. The van der Waals surface area contributed by atoms with E-state index in [-0.39, 0.29) is 5.78 Å². The normalized spacial score (nSPS) is 10.1. The summed E-state index contributed by atoms with van der Waals surface area (Å²) in [7, 11) is 1.60. The van der Waals surface area contributed by atoms with Crippen LogP contribution < -0.4 is 9.47 Å². The van der Waals surface area contributed by atoms with Gasteiger partial charge >= 0.3 is 0 Å². The van der Waals surface area contributed by atoms with E-state index in [2.05, 4.69) is 0 Å². The van der Waals surface area contributed by atoms with Gasteiger partial charge in [0.05, 0.1) is 13.4 Å². The van der Waals surface area contributed by atoms with E-state index in [9.17, 15) is 4.79 Å². The Hall–Kier alpha value is -1.77. The number of hydrogen-bond donors (Lipinski definition) is 0. The maximum Gasteiger partial charge on any atom is 0.155 e. The average molecular weight is 192 g/mol. The second-order valence-electron chi connectivity index (χ2n) is 2.71. The Labute approximate surface area is 83.0 Å². The second kappa shape index (κ2) is 5.07. The molecule has 1 rings (SSSR count). The summed E-state index contributed by atoms with van der Waals surface area (Å²) in [6.45, 7) is 1.47. The summed E-state index contributed by atoms with van der Waals surface area (Å²) < 4.78 is 10.1. The van der Waals surface area contributed by atoms with E-state index in [0.29, 0.717) is 5.75 Å². The van der Waals surface area contributed by atoms with Crippen LogP contribution in [0.5, 0.6) is 11.5 Å². The van der Waals surface area contributed by atoms with E-state index in [1.54, 1.807) is 31.4 Å². The fraction of sp³-hybridized carbons (Fsp3) is 0.182. The molecule has 0 amide bonds. The lowest BCUT2D eigenvalue weighted by Gasteiger charge is -2.01. The van der Waals surface area contributed by atoms with Gasteiger partial charge < -0.3 is 9.47 Å². The van der Waals surface area contributed by atoms with Gasteiger partial charge in [0.2, 0.25) is 0 Å². The first-order valence-corrected chi connectivity index (χ1v) is 4.20. The molecule has 3 nitrogen and oxygen atoms in total. The summed E-state index contributed by atoms with van der Waals surface area (Å²) in [5.74, 6) is 1.40. The highest BCUT2D eigenvalue weighted by molar-refractivity contribution is 5.86. The topological polar surface area (TPSA) is 35.5 Å². The first-order valence-electron chi connectivity index (χ1n) is 4.20. The smallest absolute Gasteiger partial charge is 0.155 e. The molecule has 3 heteroatoms. The molecule has 0 aliphatic rings. The molecule has 0 bridgehead atoms. The van der Waals surface area contributed by atoms with Crippen LogP contribution in [0.3, 0.4) is 0 Å². The summed E-state index contributed by atoms with van der Waals surface area (Å²) in [5, 5.41) is 0. The molecule has 0 heterocycles. The van der Waals surface area contributed by atoms with Crippen LogP contribution in [0.1, 0.15) is 6.92 Å². The summed E-state index contributed by atoms with van der Waals surface area (Å²) in [4.78, 5) is 10.5. The van der Waals surface area contributed by atoms with Crippen LogP contribution in [0.25, 0.3) is 0 Å². The third kappa shape index (κ3) is 3.31. The summed E-state index contributed by atoms with van der Waals surface area (Å²) in [6.07, 6.45) is 2.73. The highest BCUT2D eigenvalue weighted by Gasteiger charge is 1.92. The van der Waals surface area contributed by atoms with Crippen molar-refractivity contribution in [1.82, 2.24) is 0 Å². The molecule has 0 radical (unpaired) electrons. The van der Waals surface area contributed by atoms with Gasteiger partial charge in [-0.3, -0.25) is 4.79 Å². The quantitative estimate of drug-likeness (QED) is 0.541. The van der Waals surface area contributed by atoms with Gasteiger partial charge in [0, 0.05) is 6.08 Å². The van der Waals surface area contributed by atoms with Crippen molar-refractivity contribution in [3.8, 4) is 11.5 Å². The van der Waals surface area contributed by atoms with Crippen LogP contribution in [-0.4, -0.2) is 12.9 Å². The van der Waals surface area contributed by atoms with Gasteiger partial charge in [-0.05, 0) is 31.2 Å². The molecular weight excluding hydrogens is 180 g/mol. The number of allylic oxidation sites excluding steroid dienone is 1. The van der Waals surface area contributed by atoms with Crippen molar-refractivity contribution in [3.63, 3.8) is 0 Å². The molecule has 0 N–H and O–H groups in total. The maximum absolute atomic E-state index is 10.5. The minimum absolute atomic E-state index is 0.0430. The molecule has 0 spiro atoms. The highest BCUT2D eigenvalue weighted by Crippen LogP contribution is 2.16. The van der Waals surface area contributed by atoms with Crippen molar-refractivity contribution >= 4 is 5.78 Å². The molecule has 0 aliphatic carbocycles. The zero-order chi connectivity index (χ0) is 10.4. The molecule has 0 aliphatic heterocycles. The Morgan fingerprint density at radius 3 is 2.29 bits per heavy atom. The van der Waals surface area contributed by atoms with Crippen molar-refractivity contribution in [3.05, 3.63) is 36.6 Å². The van der Waals surface area contributed by atoms with E-state index < -0.39 is 0 Å². The van der Waals surface area contributed by atoms with Gasteiger partial charge in [0.1, 0.15) is 11.5 Å². The lowest BCUT2D eigenvalue weighted by atomic mass is 10.3. The molecule has 1 aromatic carbocycles. The first-order chi connectivity index (χ1) is 6.72. The number of ether oxygens (including phenoxy) is 2. The minimum atomic E-state index is -0.0430. The van der Waals surface area contributed by atoms with E-state index in [0.717, 1.165) is 5.75 Å². The monoisotopic (exact) mass is 192 g/mol. The first kappa shape index (κ1) is 10.3. The lowest BCUT2D eigenvalue weighted by Crippen LogP contribution is -1.87. The number of hydrogen-bond acceptors (Lipinski definition) is 3. The van der Waals surface area contributed by atoms with Crippen LogP contribution in [-0.2, 0) is 4.79 Å². The third-order valence-electron chi connectivity index (χ3n) is 1.57. The molecule has 0 unspecified atom stereocenters. The van der Waals surface area contributed by atoms with E-state index in [4.69, 9.17) is 9.47 Å². The van der Waals surface area contributed by atoms with Crippen LogP contribution in [0.2, 0.25) is 0 Å². The van der Waals surface area contributed by atoms with Crippen molar-refractivity contribution in [2.75, 3.05) is 7.11 Å². The van der Waals surface area contributed by atoms with Gasteiger partial charge in [-0.25, -0.2) is 0 Å². The maximum atomic E-state index is 10.5. The van der Waals surface area contributed by atoms with E-state index in [1.807, 2.05) is 0 Å². The average Bonchev–Trinajstić information content (AvgIpc) is 2.18. The zero-order valence-corrected chi connectivity index (χ0v) is 8.19.